The summed E-state index contributed by atoms with van der Waals surface area (Å²) in [6, 6.07) is 0. The van der Waals surface area contributed by atoms with Gasteiger partial charge in [0, 0.05) is 12.8 Å². The van der Waals surface area contributed by atoms with Crippen LogP contribution in [0.1, 0.15) is 31.2 Å². The van der Waals surface area contributed by atoms with Crippen molar-refractivity contribution >= 4 is 17.2 Å². The molecule has 2 rings (SSSR count). The summed E-state index contributed by atoms with van der Waals surface area (Å²) in [6.07, 6.45) is 4.72. The van der Waals surface area contributed by atoms with Crippen LogP contribution in [0.15, 0.2) is 12.4 Å². The van der Waals surface area contributed by atoms with Crippen LogP contribution in [-0.2, 0) is 12.8 Å². The summed E-state index contributed by atoms with van der Waals surface area (Å²) in [5.41, 5.74) is 5.98. The maximum Gasteiger partial charge on any atom is 0.174 e. The highest BCUT2D eigenvalue weighted by Gasteiger charge is 2.10. The molecule has 0 radical (unpaired) electrons. The molecule has 0 saturated carbocycles. The summed E-state index contributed by atoms with van der Waals surface area (Å²) in [6.45, 7) is 4.04. The van der Waals surface area contributed by atoms with E-state index in [9.17, 15) is 0 Å². The summed E-state index contributed by atoms with van der Waals surface area (Å²) >= 11 is 4.83. The van der Waals surface area contributed by atoms with Crippen molar-refractivity contribution in [3.63, 3.8) is 0 Å². The minimum absolute atomic E-state index is 0.234. The summed E-state index contributed by atoms with van der Waals surface area (Å²) in [5.74, 6) is 2.29. The van der Waals surface area contributed by atoms with Gasteiger partial charge in [0.1, 0.15) is 16.5 Å². The van der Waals surface area contributed by atoms with E-state index < -0.39 is 0 Å². The largest absolute Gasteiger partial charge is 0.388 e. The van der Waals surface area contributed by atoms with Crippen LogP contribution >= 0.6 is 12.2 Å². The lowest BCUT2D eigenvalue weighted by atomic mass is 10.4. The lowest BCUT2D eigenvalue weighted by Crippen LogP contribution is -2.13. The molecule has 0 saturated heterocycles. The minimum Gasteiger partial charge on any atom is -0.388 e. The van der Waals surface area contributed by atoms with E-state index in [0.29, 0.717) is 11.5 Å². The number of nitrogens with zero attached hydrogens (tertiary/aromatic N) is 5. The average molecular weight is 262 g/mol. The van der Waals surface area contributed by atoms with Crippen molar-refractivity contribution in [1.29, 1.82) is 0 Å². The molecule has 0 unspecified atom stereocenters. The van der Waals surface area contributed by atoms with E-state index in [4.69, 9.17) is 18.0 Å². The first kappa shape index (κ1) is 12.6. The molecule has 7 heteroatoms. The van der Waals surface area contributed by atoms with Gasteiger partial charge in [-0.05, 0) is 0 Å². The molecule has 0 aromatic carbocycles. The molecule has 0 aliphatic heterocycles. The van der Waals surface area contributed by atoms with Crippen LogP contribution in [0.5, 0.6) is 0 Å². The van der Waals surface area contributed by atoms with E-state index in [1.54, 1.807) is 17.1 Å². The van der Waals surface area contributed by atoms with E-state index in [1.165, 1.54) is 0 Å². The second-order valence-corrected chi connectivity index (χ2v) is 4.13. The summed E-state index contributed by atoms with van der Waals surface area (Å²) in [4.78, 5) is 13.1. The van der Waals surface area contributed by atoms with Crippen molar-refractivity contribution in [1.82, 2.24) is 24.7 Å². The number of thiocarbonyl (C=S) groups is 1. The Labute approximate surface area is 110 Å². The van der Waals surface area contributed by atoms with Crippen molar-refractivity contribution < 1.29 is 0 Å². The predicted octanol–water partition coefficient (Wildman–Crippen LogP) is 0.816. The normalized spacial score (nSPS) is 10.6. The molecule has 2 aromatic rings. The monoisotopic (exact) mass is 262 g/mol. The third kappa shape index (κ3) is 2.35. The lowest BCUT2D eigenvalue weighted by Gasteiger charge is -2.03. The Morgan fingerprint density at radius 3 is 2.56 bits per heavy atom. The zero-order valence-electron chi connectivity index (χ0n) is 10.3. The number of hydrogen-bond acceptors (Lipinski definition) is 5. The Hall–Kier alpha value is -1.89. The fourth-order valence-electron chi connectivity index (χ4n) is 1.51. The van der Waals surface area contributed by atoms with Crippen molar-refractivity contribution in [2.24, 2.45) is 5.73 Å². The van der Waals surface area contributed by atoms with Crippen LogP contribution in [0.4, 0.5) is 0 Å². The Morgan fingerprint density at radius 2 is 2.06 bits per heavy atom. The molecule has 0 fully saturated rings. The van der Waals surface area contributed by atoms with Crippen LogP contribution in [0.3, 0.4) is 0 Å². The zero-order chi connectivity index (χ0) is 13.1. The summed E-state index contributed by atoms with van der Waals surface area (Å²) in [5, 5.41) is 4.38. The van der Waals surface area contributed by atoms with Crippen molar-refractivity contribution in [2.75, 3.05) is 0 Å². The quantitative estimate of drug-likeness (QED) is 0.821. The van der Waals surface area contributed by atoms with E-state index in [-0.39, 0.29) is 4.99 Å². The van der Waals surface area contributed by atoms with Gasteiger partial charge in [0.05, 0.1) is 12.4 Å². The van der Waals surface area contributed by atoms with Gasteiger partial charge in [-0.15, -0.1) is 5.10 Å². The highest BCUT2D eigenvalue weighted by molar-refractivity contribution is 7.80. The number of rotatable bonds is 4. The van der Waals surface area contributed by atoms with Gasteiger partial charge in [-0.3, -0.25) is 0 Å². The van der Waals surface area contributed by atoms with Gasteiger partial charge in [0.25, 0.3) is 0 Å². The first-order valence-corrected chi connectivity index (χ1v) is 6.13. The van der Waals surface area contributed by atoms with Crippen LogP contribution in [0.25, 0.3) is 5.82 Å². The molecule has 2 N–H and O–H groups in total. The SMILES string of the molecule is CCc1nc(CC)n(-c2cnc(C(N)=S)cn2)n1. The van der Waals surface area contributed by atoms with Crippen molar-refractivity contribution in [3.05, 3.63) is 29.7 Å². The molecule has 2 aromatic heterocycles. The van der Waals surface area contributed by atoms with Crippen molar-refractivity contribution in [3.8, 4) is 5.82 Å². The highest BCUT2D eigenvalue weighted by atomic mass is 32.1. The molecule has 2 heterocycles. The fourth-order valence-corrected chi connectivity index (χ4v) is 1.62. The van der Waals surface area contributed by atoms with E-state index >= 15 is 0 Å². The number of hydrogen-bond donors (Lipinski definition) is 1. The van der Waals surface area contributed by atoms with Crippen LogP contribution in [-0.4, -0.2) is 29.7 Å². The van der Waals surface area contributed by atoms with Crippen LogP contribution in [0.2, 0.25) is 0 Å². The molecule has 0 spiro atoms. The number of nitrogens with two attached hydrogens (primary N) is 1. The maximum absolute atomic E-state index is 5.48. The van der Waals surface area contributed by atoms with E-state index in [0.717, 1.165) is 24.5 Å². The van der Waals surface area contributed by atoms with Gasteiger partial charge < -0.3 is 5.73 Å². The van der Waals surface area contributed by atoms with Crippen LogP contribution in [0, 0.1) is 0 Å². The van der Waals surface area contributed by atoms with Gasteiger partial charge in [0.15, 0.2) is 11.6 Å². The van der Waals surface area contributed by atoms with Gasteiger partial charge in [0.2, 0.25) is 0 Å². The van der Waals surface area contributed by atoms with Gasteiger partial charge in [-0.2, -0.15) is 4.68 Å². The molecule has 0 atom stereocenters. The molecule has 6 nitrogen and oxygen atoms in total. The Morgan fingerprint density at radius 1 is 1.28 bits per heavy atom. The Bertz CT molecular complexity index is 559. The fraction of sp³-hybridized carbons (Fsp3) is 0.364. The minimum atomic E-state index is 0.234. The third-order valence-electron chi connectivity index (χ3n) is 2.46. The molecule has 0 aliphatic carbocycles. The third-order valence-corrected chi connectivity index (χ3v) is 2.67. The summed E-state index contributed by atoms with van der Waals surface area (Å²) < 4.78 is 1.70. The molecule has 0 aliphatic rings. The lowest BCUT2D eigenvalue weighted by molar-refractivity contribution is 0.763. The molecule has 18 heavy (non-hydrogen) atoms. The second-order valence-electron chi connectivity index (χ2n) is 3.69. The summed E-state index contributed by atoms with van der Waals surface area (Å²) in [7, 11) is 0. The first-order chi connectivity index (χ1) is 8.65. The van der Waals surface area contributed by atoms with Crippen molar-refractivity contribution in [2.45, 2.75) is 26.7 Å². The van der Waals surface area contributed by atoms with E-state index in [2.05, 4.69) is 20.1 Å². The van der Waals surface area contributed by atoms with Gasteiger partial charge in [-0.25, -0.2) is 15.0 Å². The van der Waals surface area contributed by atoms with Gasteiger partial charge in [-0.1, -0.05) is 26.1 Å². The predicted molar refractivity (Wildman–Crippen MR) is 71.6 cm³/mol. The smallest absolute Gasteiger partial charge is 0.174 e. The average Bonchev–Trinajstić information content (AvgIpc) is 2.82. The standard InChI is InChI=1S/C11H14N6S/c1-3-8-15-9(4-2)17(16-8)10-6-13-7(5-14-10)11(12)18/h5-6H,3-4H2,1-2H3,(H2,12,18). The molecular formula is C11H14N6S. The zero-order valence-corrected chi connectivity index (χ0v) is 11.1. The molecular weight excluding hydrogens is 248 g/mol. The molecule has 0 amide bonds. The second kappa shape index (κ2) is 5.18. The molecule has 94 valence electrons. The maximum atomic E-state index is 5.48. The first-order valence-electron chi connectivity index (χ1n) is 5.72. The Kier molecular flexibility index (Phi) is 3.61. The number of aromatic nitrogens is 5. The number of aryl methyl sites for hydroxylation is 2. The van der Waals surface area contributed by atoms with Gasteiger partial charge >= 0.3 is 0 Å². The van der Waals surface area contributed by atoms with E-state index in [1.807, 2.05) is 13.8 Å². The van der Waals surface area contributed by atoms with Crippen LogP contribution < -0.4 is 5.73 Å². The molecule has 0 bridgehead atoms. The highest BCUT2D eigenvalue weighted by Crippen LogP contribution is 2.08. The topological polar surface area (TPSA) is 82.5 Å². The Balaban J connectivity index is 2.41.